The van der Waals surface area contributed by atoms with Gasteiger partial charge in [-0.2, -0.15) is 0 Å². The standard InChI is InChI=1S/C26H29N7O2S/c1-17-23(36-25(29-17)18-5-4-8-27-13-18)24(34)30-21-7-3-2-6-20(21)22-16-33-19(14-28-26(33)31-22)15-32-9-11-35-12-10-32/h2-8,13-14,16-17,23,25,29H,9-12,15H2,1H3,(H,28,31)(H,30,34). The van der Waals surface area contributed by atoms with Crippen LogP contribution in [0.15, 0.2) is 61.2 Å². The highest BCUT2D eigenvalue weighted by Gasteiger charge is 2.37. The maximum atomic E-state index is 13.4. The van der Waals surface area contributed by atoms with Gasteiger partial charge < -0.3 is 15.0 Å². The Balaban J connectivity index is 1.20. The van der Waals surface area contributed by atoms with E-state index in [1.54, 1.807) is 18.0 Å². The number of ether oxygens (including phenoxy) is 1. The van der Waals surface area contributed by atoms with Crippen LogP contribution in [0.5, 0.6) is 0 Å². The zero-order chi connectivity index (χ0) is 24.5. The van der Waals surface area contributed by atoms with Gasteiger partial charge in [-0.1, -0.05) is 24.3 Å². The van der Waals surface area contributed by atoms with Crippen LogP contribution in [0, 0.1) is 0 Å². The van der Waals surface area contributed by atoms with Crippen LogP contribution in [0.25, 0.3) is 17.0 Å². The Kier molecular flexibility index (Phi) is 6.49. The van der Waals surface area contributed by atoms with Gasteiger partial charge in [0, 0.05) is 49.8 Å². The number of fused-ring (bicyclic) bond motifs is 1. The lowest BCUT2D eigenvalue weighted by Gasteiger charge is -2.25. The Hall–Kier alpha value is -3.18. The zero-order valence-electron chi connectivity index (χ0n) is 20.1. The van der Waals surface area contributed by atoms with Gasteiger partial charge in [-0.05, 0) is 24.6 Å². The van der Waals surface area contributed by atoms with Crippen molar-refractivity contribution >= 4 is 29.1 Å². The second kappa shape index (κ2) is 10.1. The summed E-state index contributed by atoms with van der Waals surface area (Å²) in [7, 11) is 0. The number of carbonyl (C=O) groups is 1. The van der Waals surface area contributed by atoms with Crippen molar-refractivity contribution in [1.82, 2.24) is 29.6 Å². The molecule has 5 heterocycles. The van der Waals surface area contributed by atoms with Crippen LogP contribution >= 0.6 is 11.8 Å². The first kappa shape index (κ1) is 23.2. The first-order valence-electron chi connectivity index (χ1n) is 12.2. The van der Waals surface area contributed by atoms with E-state index >= 15 is 0 Å². The smallest absolute Gasteiger partial charge is 0.239 e. The van der Waals surface area contributed by atoms with Crippen LogP contribution in [0.2, 0.25) is 0 Å². The molecular formula is C26H29N7O2S. The van der Waals surface area contributed by atoms with E-state index in [9.17, 15) is 4.79 Å². The number of anilines is 1. The largest absolute Gasteiger partial charge is 0.379 e. The number of morpholine rings is 1. The van der Waals surface area contributed by atoms with Crippen LogP contribution in [-0.4, -0.2) is 67.8 Å². The molecule has 186 valence electrons. The topological polar surface area (TPSA) is 99.6 Å². The van der Waals surface area contributed by atoms with Gasteiger partial charge in [-0.3, -0.25) is 24.4 Å². The van der Waals surface area contributed by atoms with E-state index in [-0.39, 0.29) is 22.6 Å². The summed E-state index contributed by atoms with van der Waals surface area (Å²) >= 11 is 1.63. The van der Waals surface area contributed by atoms with Crippen molar-refractivity contribution in [2.75, 3.05) is 31.6 Å². The molecule has 1 amide bonds. The predicted molar refractivity (Wildman–Crippen MR) is 141 cm³/mol. The molecule has 1 aromatic carbocycles. The highest BCUT2D eigenvalue weighted by molar-refractivity contribution is 8.01. The summed E-state index contributed by atoms with van der Waals surface area (Å²) in [6.07, 6.45) is 7.60. The van der Waals surface area contributed by atoms with Gasteiger partial charge in [0.15, 0.2) is 0 Å². The number of hydrogen-bond acceptors (Lipinski definition) is 7. The molecule has 3 aromatic heterocycles. The summed E-state index contributed by atoms with van der Waals surface area (Å²) in [5, 5.41) is 6.53. The van der Waals surface area contributed by atoms with Crippen molar-refractivity contribution in [3.8, 4) is 11.3 Å². The molecule has 0 bridgehead atoms. The van der Waals surface area contributed by atoms with Gasteiger partial charge in [0.25, 0.3) is 0 Å². The molecule has 4 aromatic rings. The van der Waals surface area contributed by atoms with Gasteiger partial charge in [0.05, 0.1) is 41.9 Å². The maximum Gasteiger partial charge on any atom is 0.239 e. The van der Waals surface area contributed by atoms with E-state index in [1.807, 2.05) is 48.8 Å². The van der Waals surface area contributed by atoms with Crippen LogP contribution in [-0.2, 0) is 16.1 Å². The quantitative estimate of drug-likeness (QED) is 0.371. The zero-order valence-corrected chi connectivity index (χ0v) is 20.9. The Bertz CT molecular complexity index is 1350. The molecule has 6 rings (SSSR count). The van der Waals surface area contributed by atoms with Gasteiger partial charge in [-0.15, -0.1) is 11.8 Å². The molecule has 2 saturated heterocycles. The molecule has 9 nitrogen and oxygen atoms in total. The number of nitrogens with zero attached hydrogens (tertiary/aromatic N) is 4. The summed E-state index contributed by atoms with van der Waals surface area (Å²) in [6, 6.07) is 11.9. The molecule has 0 aliphatic carbocycles. The van der Waals surface area contributed by atoms with Crippen LogP contribution in [0.4, 0.5) is 5.69 Å². The van der Waals surface area contributed by atoms with E-state index < -0.39 is 0 Å². The number of imidazole rings is 2. The number of aromatic nitrogens is 4. The number of H-pyrrole nitrogens is 1. The fourth-order valence-corrected chi connectivity index (χ4v) is 6.19. The minimum atomic E-state index is -0.218. The molecule has 3 N–H and O–H groups in total. The second-order valence-electron chi connectivity index (χ2n) is 9.21. The number of hydrogen-bond donors (Lipinski definition) is 3. The Morgan fingerprint density at radius 1 is 1.19 bits per heavy atom. The fourth-order valence-electron chi connectivity index (χ4n) is 4.81. The lowest BCUT2D eigenvalue weighted by atomic mass is 10.1. The number of nitrogens with one attached hydrogen (secondary N) is 3. The molecule has 3 atom stereocenters. The molecule has 3 unspecified atom stereocenters. The molecule has 0 radical (unpaired) electrons. The Morgan fingerprint density at radius 3 is 2.89 bits per heavy atom. The minimum Gasteiger partial charge on any atom is -0.379 e. The third-order valence-corrected chi connectivity index (χ3v) is 8.34. The SMILES string of the molecule is CC1NC(c2cccnc2)SC1C(=O)Nc1ccccc1-c1cn2c(CN3CCOCC3)cnc2[nH]1. The molecular weight excluding hydrogens is 474 g/mol. The number of carbonyl (C=O) groups excluding carboxylic acids is 1. The average molecular weight is 504 g/mol. The first-order valence-corrected chi connectivity index (χ1v) is 13.2. The molecule has 2 fully saturated rings. The molecule has 36 heavy (non-hydrogen) atoms. The van der Waals surface area contributed by atoms with Gasteiger partial charge in [-0.25, -0.2) is 4.98 Å². The lowest BCUT2D eigenvalue weighted by molar-refractivity contribution is -0.115. The number of thioether (sulfide) groups is 1. The monoisotopic (exact) mass is 503 g/mol. The summed E-state index contributed by atoms with van der Waals surface area (Å²) < 4.78 is 7.57. The molecule has 2 aliphatic heterocycles. The number of para-hydroxylation sites is 1. The van der Waals surface area contributed by atoms with E-state index in [0.717, 1.165) is 66.8 Å². The molecule has 10 heteroatoms. The molecule has 0 spiro atoms. The highest BCUT2D eigenvalue weighted by Crippen LogP contribution is 2.39. The second-order valence-corrected chi connectivity index (χ2v) is 10.5. The van der Waals surface area contributed by atoms with E-state index in [0.29, 0.717) is 0 Å². The van der Waals surface area contributed by atoms with Crippen molar-refractivity contribution < 1.29 is 9.53 Å². The van der Waals surface area contributed by atoms with E-state index in [4.69, 9.17) is 4.74 Å². The third kappa shape index (κ3) is 4.64. The predicted octanol–water partition coefficient (Wildman–Crippen LogP) is 3.29. The Morgan fingerprint density at radius 2 is 2.06 bits per heavy atom. The number of aromatic amines is 1. The van der Waals surface area contributed by atoms with Crippen molar-refractivity contribution in [3.05, 3.63) is 72.4 Å². The number of rotatable bonds is 6. The van der Waals surface area contributed by atoms with Gasteiger partial charge in [0.1, 0.15) is 5.25 Å². The van der Waals surface area contributed by atoms with E-state index in [2.05, 4.69) is 48.0 Å². The summed E-state index contributed by atoms with van der Waals surface area (Å²) in [5.41, 5.74) is 4.82. The van der Waals surface area contributed by atoms with Crippen molar-refractivity contribution in [2.24, 2.45) is 0 Å². The average Bonchev–Trinajstić information content (AvgIpc) is 3.61. The molecule has 0 saturated carbocycles. The summed E-state index contributed by atoms with van der Waals surface area (Å²) in [5.74, 6) is 0.779. The number of pyridine rings is 1. The van der Waals surface area contributed by atoms with Gasteiger partial charge in [0.2, 0.25) is 11.7 Å². The lowest BCUT2D eigenvalue weighted by Crippen LogP contribution is -2.36. The van der Waals surface area contributed by atoms with Crippen LogP contribution in [0.1, 0.15) is 23.6 Å². The minimum absolute atomic E-state index is 0.0109. The number of amides is 1. The van der Waals surface area contributed by atoms with Crippen molar-refractivity contribution in [2.45, 2.75) is 30.1 Å². The summed E-state index contributed by atoms with van der Waals surface area (Å²) in [4.78, 5) is 27.9. The van der Waals surface area contributed by atoms with Crippen LogP contribution in [0.3, 0.4) is 0 Å². The summed E-state index contributed by atoms with van der Waals surface area (Å²) in [6.45, 7) is 6.26. The molecule has 2 aliphatic rings. The normalized spacial score (nSPS) is 22.8. The third-order valence-electron chi connectivity index (χ3n) is 6.74. The van der Waals surface area contributed by atoms with Crippen molar-refractivity contribution in [3.63, 3.8) is 0 Å². The first-order chi connectivity index (χ1) is 17.7. The Labute approximate surface area is 213 Å². The fraction of sp³-hybridized carbons (Fsp3) is 0.346. The van der Waals surface area contributed by atoms with Crippen molar-refractivity contribution in [1.29, 1.82) is 0 Å². The maximum absolute atomic E-state index is 13.4. The van der Waals surface area contributed by atoms with E-state index in [1.165, 1.54) is 0 Å². The van der Waals surface area contributed by atoms with Crippen LogP contribution < -0.4 is 10.6 Å². The number of benzene rings is 1. The van der Waals surface area contributed by atoms with Gasteiger partial charge >= 0.3 is 0 Å². The highest BCUT2D eigenvalue weighted by atomic mass is 32.2.